The van der Waals surface area contributed by atoms with Crippen molar-refractivity contribution >= 4 is 16.9 Å². The smallest absolute Gasteiger partial charge is 0.263 e. The van der Waals surface area contributed by atoms with Crippen molar-refractivity contribution in [1.82, 2.24) is 20.0 Å². The third-order valence-corrected chi connectivity index (χ3v) is 5.05. The van der Waals surface area contributed by atoms with Crippen molar-refractivity contribution in [2.24, 2.45) is 0 Å². The Kier molecular flexibility index (Phi) is 4.71. The summed E-state index contributed by atoms with van der Waals surface area (Å²) >= 11 is 0. The van der Waals surface area contributed by atoms with Crippen molar-refractivity contribution in [2.75, 3.05) is 32.1 Å². The number of nitrogens with zero attached hydrogens (tertiary/aromatic N) is 4. The van der Waals surface area contributed by atoms with E-state index in [1.165, 1.54) is 25.7 Å². The van der Waals surface area contributed by atoms with Gasteiger partial charge in [-0.2, -0.15) is 4.98 Å². The molecule has 1 saturated heterocycles. The number of ether oxygens (including phenoxy) is 1. The normalized spacial score (nSPS) is 17.7. The Balaban J connectivity index is 1.69. The molecule has 1 aliphatic heterocycles. The summed E-state index contributed by atoms with van der Waals surface area (Å²) < 4.78 is 10.9. The molecule has 3 heterocycles. The summed E-state index contributed by atoms with van der Waals surface area (Å²) in [6.45, 7) is 5.30. The third-order valence-electron chi connectivity index (χ3n) is 5.05. The van der Waals surface area contributed by atoms with Crippen LogP contribution in [0.4, 0.5) is 5.82 Å². The molecule has 0 radical (unpaired) electrons. The number of benzene rings is 1. The number of anilines is 1. The first kappa shape index (κ1) is 16.8. The second-order valence-electron chi connectivity index (χ2n) is 6.44. The standard InChI is InChI=1S/C19H23N5O2/c1-3-24-10-6-7-13(24)11-20-18-16-17(23-26-19(16)22-12-21-18)14-8-4-5-9-15(14)25-2/h4-5,8-9,12-13H,3,6-7,10-11H2,1-2H3,(H,20,21,22)/t13-/m1/s1. The molecule has 2 aromatic heterocycles. The highest BCUT2D eigenvalue weighted by molar-refractivity contribution is 5.98. The Labute approximate surface area is 152 Å². The fraction of sp³-hybridized carbons (Fsp3) is 0.421. The number of rotatable bonds is 6. The topological polar surface area (TPSA) is 76.3 Å². The largest absolute Gasteiger partial charge is 0.496 e. The molecule has 1 fully saturated rings. The molecule has 0 spiro atoms. The number of likely N-dealkylation sites (tertiary alicyclic amines) is 1. The zero-order valence-corrected chi connectivity index (χ0v) is 15.1. The van der Waals surface area contributed by atoms with E-state index in [2.05, 4.69) is 32.3 Å². The molecule has 26 heavy (non-hydrogen) atoms. The lowest BCUT2D eigenvalue weighted by molar-refractivity contribution is 0.277. The van der Waals surface area contributed by atoms with Crippen molar-refractivity contribution in [3.8, 4) is 17.0 Å². The van der Waals surface area contributed by atoms with Crippen molar-refractivity contribution in [2.45, 2.75) is 25.8 Å². The summed E-state index contributed by atoms with van der Waals surface area (Å²) in [6, 6.07) is 8.28. The average molecular weight is 353 g/mol. The third kappa shape index (κ3) is 2.99. The fourth-order valence-electron chi connectivity index (χ4n) is 3.70. The highest BCUT2D eigenvalue weighted by atomic mass is 16.5. The van der Waals surface area contributed by atoms with E-state index < -0.39 is 0 Å². The van der Waals surface area contributed by atoms with Gasteiger partial charge in [0, 0.05) is 18.2 Å². The van der Waals surface area contributed by atoms with Gasteiger partial charge in [0.25, 0.3) is 5.71 Å². The lowest BCUT2D eigenvalue weighted by Gasteiger charge is -2.23. The lowest BCUT2D eigenvalue weighted by Crippen LogP contribution is -2.34. The summed E-state index contributed by atoms with van der Waals surface area (Å²) in [5.41, 5.74) is 2.03. The zero-order chi connectivity index (χ0) is 17.9. The minimum atomic E-state index is 0.474. The van der Waals surface area contributed by atoms with Gasteiger partial charge < -0.3 is 14.6 Å². The zero-order valence-electron chi connectivity index (χ0n) is 15.1. The predicted octanol–water partition coefficient (Wildman–Crippen LogP) is 3.19. The van der Waals surface area contributed by atoms with Gasteiger partial charge in [-0.1, -0.05) is 24.2 Å². The molecule has 3 aromatic rings. The number of likely N-dealkylation sites (N-methyl/N-ethyl adjacent to an activating group) is 1. The van der Waals surface area contributed by atoms with Crippen LogP contribution in [0.1, 0.15) is 19.8 Å². The Morgan fingerprint density at radius 2 is 2.19 bits per heavy atom. The van der Waals surface area contributed by atoms with Crippen molar-refractivity contribution in [3.05, 3.63) is 30.6 Å². The molecule has 4 rings (SSSR count). The Morgan fingerprint density at radius 1 is 1.31 bits per heavy atom. The van der Waals surface area contributed by atoms with E-state index in [9.17, 15) is 0 Å². The molecule has 1 aliphatic rings. The van der Waals surface area contributed by atoms with Crippen molar-refractivity contribution < 1.29 is 9.26 Å². The maximum atomic E-state index is 5.48. The number of fused-ring (bicyclic) bond motifs is 1. The number of aromatic nitrogens is 3. The van der Waals surface area contributed by atoms with Crippen LogP contribution in [0.15, 0.2) is 35.1 Å². The van der Waals surface area contributed by atoms with Gasteiger partial charge in [0.1, 0.15) is 29.0 Å². The van der Waals surface area contributed by atoms with Crippen LogP contribution >= 0.6 is 0 Å². The molecule has 0 saturated carbocycles. The molecule has 0 bridgehead atoms. The summed E-state index contributed by atoms with van der Waals surface area (Å²) in [5, 5.41) is 8.52. The number of methoxy groups -OCH3 is 1. The van der Waals surface area contributed by atoms with E-state index in [1.54, 1.807) is 7.11 Å². The van der Waals surface area contributed by atoms with E-state index >= 15 is 0 Å². The molecule has 1 aromatic carbocycles. The van der Waals surface area contributed by atoms with Gasteiger partial charge in [-0.25, -0.2) is 4.98 Å². The van der Waals surface area contributed by atoms with Crippen LogP contribution < -0.4 is 10.1 Å². The first-order chi connectivity index (χ1) is 12.8. The molecule has 0 amide bonds. The van der Waals surface area contributed by atoms with Gasteiger partial charge in [-0.3, -0.25) is 4.90 Å². The lowest BCUT2D eigenvalue weighted by atomic mass is 10.1. The van der Waals surface area contributed by atoms with E-state index in [0.717, 1.165) is 35.6 Å². The number of hydrogen-bond donors (Lipinski definition) is 1. The molecule has 0 unspecified atom stereocenters. The molecule has 7 nitrogen and oxygen atoms in total. The Bertz CT molecular complexity index is 895. The van der Waals surface area contributed by atoms with Crippen LogP contribution in [0.3, 0.4) is 0 Å². The Hall–Kier alpha value is -2.67. The molecular formula is C19H23N5O2. The Morgan fingerprint density at radius 3 is 3.04 bits per heavy atom. The van der Waals surface area contributed by atoms with Crippen LogP contribution in [0.5, 0.6) is 5.75 Å². The SMILES string of the molecule is CCN1CCC[C@@H]1CNc1ncnc2onc(-c3ccccc3OC)c12. The number of hydrogen-bond acceptors (Lipinski definition) is 7. The maximum Gasteiger partial charge on any atom is 0.263 e. The van der Waals surface area contributed by atoms with Gasteiger partial charge >= 0.3 is 0 Å². The highest BCUT2D eigenvalue weighted by Crippen LogP contribution is 2.36. The molecule has 0 aliphatic carbocycles. The molecule has 1 N–H and O–H groups in total. The summed E-state index contributed by atoms with van der Waals surface area (Å²) in [6.07, 6.45) is 3.96. The first-order valence-electron chi connectivity index (χ1n) is 9.03. The monoisotopic (exact) mass is 353 g/mol. The van der Waals surface area contributed by atoms with E-state index in [4.69, 9.17) is 9.26 Å². The average Bonchev–Trinajstić information content (AvgIpc) is 3.33. The van der Waals surface area contributed by atoms with Crippen molar-refractivity contribution in [3.63, 3.8) is 0 Å². The van der Waals surface area contributed by atoms with E-state index in [1.807, 2.05) is 24.3 Å². The van der Waals surface area contributed by atoms with E-state index in [-0.39, 0.29) is 0 Å². The fourth-order valence-corrected chi connectivity index (χ4v) is 3.70. The highest BCUT2D eigenvalue weighted by Gasteiger charge is 2.24. The van der Waals surface area contributed by atoms with Crippen molar-refractivity contribution in [1.29, 1.82) is 0 Å². The van der Waals surface area contributed by atoms with Gasteiger partial charge in [0.15, 0.2) is 0 Å². The summed E-state index contributed by atoms with van der Waals surface area (Å²) in [4.78, 5) is 11.2. The predicted molar refractivity (Wildman–Crippen MR) is 100 cm³/mol. The van der Waals surface area contributed by atoms with E-state index in [0.29, 0.717) is 17.4 Å². The van der Waals surface area contributed by atoms with Gasteiger partial charge in [-0.15, -0.1) is 0 Å². The molecule has 1 atom stereocenters. The minimum absolute atomic E-state index is 0.474. The van der Waals surface area contributed by atoms with Gasteiger partial charge in [0.2, 0.25) is 0 Å². The molecule has 136 valence electrons. The van der Waals surface area contributed by atoms with Crippen LogP contribution in [-0.4, -0.2) is 52.8 Å². The van der Waals surface area contributed by atoms with Gasteiger partial charge in [0.05, 0.1) is 7.11 Å². The van der Waals surface area contributed by atoms with Crippen LogP contribution in [0, 0.1) is 0 Å². The van der Waals surface area contributed by atoms with Crippen LogP contribution in [0.2, 0.25) is 0 Å². The maximum absolute atomic E-state index is 5.48. The summed E-state index contributed by atoms with van der Waals surface area (Å²) in [5.74, 6) is 1.49. The minimum Gasteiger partial charge on any atom is -0.496 e. The summed E-state index contributed by atoms with van der Waals surface area (Å²) in [7, 11) is 1.65. The first-order valence-corrected chi connectivity index (χ1v) is 9.03. The molecular weight excluding hydrogens is 330 g/mol. The number of nitrogens with one attached hydrogen (secondary N) is 1. The van der Waals surface area contributed by atoms with Gasteiger partial charge in [-0.05, 0) is 38.1 Å². The second kappa shape index (κ2) is 7.29. The van der Waals surface area contributed by atoms with Crippen LogP contribution in [0.25, 0.3) is 22.4 Å². The quantitative estimate of drug-likeness (QED) is 0.729. The number of para-hydroxylation sites is 1. The van der Waals surface area contributed by atoms with Crippen LogP contribution in [-0.2, 0) is 0 Å². The molecule has 7 heteroatoms. The second-order valence-corrected chi connectivity index (χ2v) is 6.44.